The van der Waals surface area contributed by atoms with Crippen LogP contribution in [0.3, 0.4) is 0 Å². The van der Waals surface area contributed by atoms with Crippen molar-refractivity contribution in [2.45, 2.75) is 6.92 Å². The molecule has 0 amide bonds. The van der Waals surface area contributed by atoms with Crippen molar-refractivity contribution >= 4 is 39.3 Å². The summed E-state index contributed by atoms with van der Waals surface area (Å²) >= 11 is 6.00. The van der Waals surface area contributed by atoms with Crippen LogP contribution in [0.1, 0.15) is 17.3 Å². The standard InChI is InChI=1S/C20H11ClO5/c1-10(22)15-8-12-6-11(2-4-17(12)25-19(15)23)16-9-13-7-14(21)3-5-18(13)26-20(16)24/h2-9H,1H3. The maximum absolute atomic E-state index is 12.4. The predicted octanol–water partition coefficient (Wildman–Crippen LogP) is 4.42. The summed E-state index contributed by atoms with van der Waals surface area (Å²) in [7, 11) is 0. The Bertz CT molecular complexity index is 1310. The second kappa shape index (κ2) is 5.97. The maximum atomic E-state index is 12.4. The first-order valence-corrected chi connectivity index (χ1v) is 8.13. The molecule has 2 heterocycles. The zero-order valence-electron chi connectivity index (χ0n) is 13.5. The van der Waals surface area contributed by atoms with E-state index in [1.807, 2.05) is 0 Å². The van der Waals surface area contributed by atoms with Gasteiger partial charge in [-0.05, 0) is 55.0 Å². The molecular formula is C20H11ClO5. The van der Waals surface area contributed by atoms with Crippen LogP contribution in [-0.4, -0.2) is 5.78 Å². The Morgan fingerprint density at radius 1 is 0.846 bits per heavy atom. The van der Waals surface area contributed by atoms with E-state index in [9.17, 15) is 14.4 Å². The van der Waals surface area contributed by atoms with Crippen molar-refractivity contribution in [3.63, 3.8) is 0 Å². The summed E-state index contributed by atoms with van der Waals surface area (Å²) in [6.45, 7) is 1.30. The van der Waals surface area contributed by atoms with Gasteiger partial charge >= 0.3 is 11.3 Å². The average Bonchev–Trinajstić information content (AvgIpc) is 2.60. The summed E-state index contributed by atoms with van der Waals surface area (Å²) in [5, 5.41) is 1.76. The quantitative estimate of drug-likeness (QED) is 0.387. The van der Waals surface area contributed by atoms with E-state index in [0.717, 1.165) is 0 Å². The highest BCUT2D eigenvalue weighted by atomic mass is 35.5. The normalized spacial score (nSPS) is 11.2. The van der Waals surface area contributed by atoms with Crippen LogP contribution < -0.4 is 11.3 Å². The largest absolute Gasteiger partial charge is 0.422 e. The van der Waals surface area contributed by atoms with Crippen LogP contribution in [0.5, 0.6) is 0 Å². The van der Waals surface area contributed by atoms with Crippen molar-refractivity contribution in [1.82, 2.24) is 0 Å². The number of ketones is 1. The lowest BCUT2D eigenvalue weighted by Crippen LogP contribution is -2.11. The van der Waals surface area contributed by atoms with Crippen LogP contribution in [0, 0.1) is 0 Å². The Hall–Kier alpha value is -3.18. The van der Waals surface area contributed by atoms with E-state index in [2.05, 4.69) is 0 Å². The van der Waals surface area contributed by atoms with Crippen molar-refractivity contribution in [2.24, 2.45) is 0 Å². The average molecular weight is 367 g/mol. The Morgan fingerprint density at radius 3 is 2.23 bits per heavy atom. The minimum Gasteiger partial charge on any atom is -0.422 e. The second-order valence-corrected chi connectivity index (χ2v) is 6.32. The zero-order valence-corrected chi connectivity index (χ0v) is 14.3. The number of fused-ring (bicyclic) bond motifs is 2. The molecule has 6 heteroatoms. The number of hydrogen-bond acceptors (Lipinski definition) is 5. The van der Waals surface area contributed by atoms with E-state index in [4.69, 9.17) is 20.4 Å². The fourth-order valence-electron chi connectivity index (χ4n) is 2.83. The third kappa shape index (κ3) is 2.72. The van der Waals surface area contributed by atoms with Gasteiger partial charge in [0, 0.05) is 15.8 Å². The van der Waals surface area contributed by atoms with E-state index < -0.39 is 11.3 Å². The minimum atomic E-state index is -0.683. The number of hydrogen-bond donors (Lipinski definition) is 0. The van der Waals surface area contributed by atoms with Crippen molar-refractivity contribution in [1.29, 1.82) is 0 Å². The second-order valence-electron chi connectivity index (χ2n) is 5.89. The van der Waals surface area contributed by atoms with E-state index in [1.165, 1.54) is 13.0 Å². The summed E-state index contributed by atoms with van der Waals surface area (Å²) in [4.78, 5) is 35.7. The molecule has 0 aliphatic heterocycles. The Kier molecular flexibility index (Phi) is 3.74. The van der Waals surface area contributed by atoms with Gasteiger partial charge in [0.2, 0.25) is 0 Å². The fraction of sp³-hybridized carbons (Fsp3) is 0.0500. The molecule has 2 aromatic carbocycles. The third-order valence-electron chi connectivity index (χ3n) is 4.12. The molecule has 2 aromatic heterocycles. The lowest BCUT2D eigenvalue weighted by Gasteiger charge is -2.05. The SMILES string of the molecule is CC(=O)c1cc2cc(-c3cc4cc(Cl)ccc4oc3=O)ccc2oc1=O. The van der Waals surface area contributed by atoms with Gasteiger partial charge in [0.05, 0.1) is 5.56 Å². The molecule has 4 rings (SSSR count). The molecule has 0 bridgehead atoms. The summed E-state index contributed by atoms with van der Waals surface area (Å²) in [6.07, 6.45) is 0. The first kappa shape index (κ1) is 16.3. The van der Waals surface area contributed by atoms with Gasteiger partial charge in [-0.1, -0.05) is 17.7 Å². The highest BCUT2D eigenvalue weighted by Crippen LogP contribution is 2.26. The monoisotopic (exact) mass is 366 g/mol. The minimum absolute atomic E-state index is 0.0352. The summed E-state index contributed by atoms with van der Waals surface area (Å²) < 4.78 is 10.5. The highest BCUT2D eigenvalue weighted by molar-refractivity contribution is 6.31. The Morgan fingerprint density at radius 2 is 1.50 bits per heavy atom. The molecule has 0 atom stereocenters. The van der Waals surface area contributed by atoms with Crippen LogP contribution in [0.25, 0.3) is 33.1 Å². The highest BCUT2D eigenvalue weighted by Gasteiger charge is 2.13. The molecule has 128 valence electrons. The van der Waals surface area contributed by atoms with E-state index in [-0.39, 0.29) is 11.3 Å². The zero-order chi connectivity index (χ0) is 18.4. The molecule has 0 saturated heterocycles. The molecule has 26 heavy (non-hydrogen) atoms. The van der Waals surface area contributed by atoms with Crippen molar-refractivity contribution < 1.29 is 13.6 Å². The van der Waals surface area contributed by atoms with Gasteiger partial charge in [0.15, 0.2) is 5.78 Å². The number of benzene rings is 2. The first-order chi connectivity index (χ1) is 12.4. The van der Waals surface area contributed by atoms with E-state index in [0.29, 0.717) is 38.1 Å². The van der Waals surface area contributed by atoms with Crippen LogP contribution in [0.2, 0.25) is 5.02 Å². The molecule has 0 saturated carbocycles. The molecule has 4 aromatic rings. The Labute approximate surface area is 151 Å². The molecular weight excluding hydrogens is 356 g/mol. The molecule has 0 spiro atoms. The lowest BCUT2D eigenvalue weighted by molar-refractivity contribution is 0.101. The summed E-state index contributed by atoms with van der Waals surface area (Å²) in [5.41, 5.74) is 0.479. The summed E-state index contributed by atoms with van der Waals surface area (Å²) in [5.74, 6) is -0.383. The molecule has 0 aliphatic carbocycles. The fourth-order valence-corrected chi connectivity index (χ4v) is 3.01. The van der Waals surface area contributed by atoms with Crippen molar-refractivity contribution in [3.05, 3.63) is 80.0 Å². The number of carbonyl (C=O) groups is 1. The van der Waals surface area contributed by atoms with Gasteiger partial charge in [0.1, 0.15) is 16.7 Å². The number of Topliss-reactive ketones (excluding diaryl/α,β-unsaturated/α-hetero) is 1. The van der Waals surface area contributed by atoms with Crippen molar-refractivity contribution in [2.75, 3.05) is 0 Å². The molecule has 0 unspecified atom stereocenters. The van der Waals surface area contributed by atoms with Crippen LogP contribution in [0.15, 0.2) is 67.0 Å². The van der Waals surface area contributed by atoms with Gasteiger partial charge < -0.3 is 8.83 Å². The Balaban J connectivity index is 1.96. The molecule has 0 radical (unpaired) electrons. The van der Waals surface area contributed by atoms with E-state index in [1.54, 1.807) is 42.5 Å². The maximum Gasteiger partial charge on any atom is 0.347 e. The van der Waals surface area contributed by atoms with Gasteiger partial charge in [-0.2, -0.15) is 0 Å². The van der Waals surface area contributed by atoms with Crippen LogP contribution in [0.4, 0.5) is 0 Å². The van der Waals surface area contributed by atoms with Crippen LogP contribution in [-0.2, 0) is 0 Å². The predicted molar refractivity (Wildman–Crippen MR) is 99.0 cm³/mol. The van der Waals surface area contributed by atoms with Gasteiger partial charge in [-0.3, -0.25) is 4.79 Å². The van der Waals surface area contributed by atoms with E-state index >= 15 is 0 Å². The van der Waals surface area contributed by atoms with Gasteiger partial charge in [-0.15, -0.1) is 0 Å². The molecule has 5 nitrogen and oxygen atoms in total. The number of carbonyl (C=O) groups excluding carboxylic acids is 1. The van der Waals surface area contributed by atoms with Gasteiger partial charge in [0.25, 0.3) is 0 Å². The third-order valence-corrected chi connectivity index (χ3v) is 4.35. The smallest absolute Gasteiger partial charge is 0.347 e. The molecule has 0 aliphatic rings. The van der Waals surface area contributed by atoms with Gasteiger partial charge in [-0.25, -0.2) is 9.59 Å². The number of halogens is 1. The topological polar surface area (TPSA) is 77.5 Å². The summed E-state index contributed by atoms with van der Waals surface area (Å²) in [6, 6.07) is 13.1. The van der Waals surface area contributed by atoms with Crippen LogP contribution >= 0.6 is 11.6 Å². The number of rotatable bonds is 2. The molecule has 0 fully saturated rings. The lowest BCUT2D eigenvalue weighted by atomic mass is 10.0. The van der Waals surface area contributed by atoms with Crippen molar-refractivity contribution in [3.8, 4) is 11.1 Å². The first-order valence-electron chi connectivity index (χ1n) is 7.75. The molecule has 0 N–H and O–H groups in total.